The Balaban J connectivity index is 1.42. The molecule has 0 atom stereocenters. The lowest BCUT2D eigenvalue weighted by atomic mass is 10.1. The van der Waals surface area contributed by atoms with Crippen molar-refractivity contribution in [3.05, 3.63) is 75.1 Å². The third-order valence-electron chi connectivity index (χ3n) is 5.90. The topological polar surface area (TPSA) is 99.1 Å². The van der Waals surface area contributed by atoms with Gasteiger partial charge in [-0.2, -0.15) is 5.10 Å². The van der Waals surface area contributed by atoms with Gasteiger partial charge in [0, 0.05) is 5.39 Å². The number of carbonyl (C=O) groups is 1. The Kier molecular flexibility index (Phi) is 4.89. The van der Waals surface area contributed by atoms with E-state index in [2.05, 4.69) is 10.4 Å². The Morgan fingerprint density at radius 3 is 2.55 bits per heavy atom. The van der Waals surface area contributed by atoms with Gasteiger partial charge in [-0.15, -0.1) is 0 Å². The van der Waals surface area contributed by atoms with Crippen molar-refractivity contribution in [2.75, 3.05) is 0 Å². The number of rotatable bonds is 5. The number of hydrogen-bond acceptors (Lipinski definition) is 5. The maximum atomic E-state index is 12.9. The Hall–Kier alpha value is -3.68. The second-order valence-corrected chi connectivity index (χ2v) is 7.88. The van der Waals surface area contributed by atoms with Crippen LogP contribution in [0.3, 0.4) is 0 Å². The lowest BCUT2D eigenvalue weighted by molar-refractivity contribution is -0.121. The largest absolute Gasteiger partial charge is 0.420 e. The van der Waals surface area contributed by atoms with E-state index >= 15 is 0 Å². The van der Waals surface area contributed by atoms with Crippen LogP contribution in [0.15, 0.2) is 62.5 Å². The Bertz CT molecular complexity index is 1390. The van der Waals surface area contributed by atoms with E-state index in [1.807, 2.05) is 18.2 Å². The van der Waals surface area contributed by atoms with Crippen LogP contribution in [-0.2, 0) is 17.9 Å². The summed E-state index contributed by atoms with van der Waals surface area (Å²) in [6.07, 6.45) is 4.05. The predicted octanol–water partition coefficient (Wildman–Crippen LogP) is 2.74. The van der Waals surface area contributed by atoms with Gasteiger partial charge in [-0.3, -0.25) is 14.2 Å². The van der Waals surface area contributed by atoms with Crippen LogP contribution in [0.1, 0.15) is 37.4 Å². The number of carbonyl (C=O) groups excluding carboxylic acids is 1. The average molecular weight is 418 g/mol. The van der Waals surface area contributed by atoms with Crippen LogP contribution in [-0.4, -0.2) is 20.3 Å². The quantitative estimate of drug-likeness (QED) is 0.537. The highest BCUT2D eigenvalue weighted by Gasteiger charge is 2.21. The van der Waals surface area contributed by atoms with E-state index in [1.54, 1.807) is 35.0 Å². The minimum Gasteiger partial charge on any atom is -0.408 e. The van der Waals surface area contributed by atoms with Crippen LogP contribution in [0, 0.1) is 0 Å². The molecule has 1 aliphatic rings. The number of amides is 1. The van der Waals surface area contributed by atoms with Crippen LogP contribution in [0.4, 0.5) is 0 Å². The molecule has 0 radical (unpaired) electrons. The highest BCUT2D eigenvalue weighted by Crippen LogP contribution is 2.28. The summed E-state index contributed by atoms with van der Waals surface area (Å²) in [5.41, 5.74) is 1.56. The molecule has 0 bridgehead atoms. The molecule has 2 aromatic carbocycles. The summed E-state index contributed by atoms with van der Waals surface area (Å²) < 4.78 is 8.07. The first-order chi connectivity index (χ1) is 15.1. The number of nitrogens with zero attached hydrogens (tertiary/aromatic N) is 3. The number of para-hydroxylation sites is 2. The first kappa shape index (κ1) is 19.3. The van der Waals surface area contributed by atoms with Crippen molar-refractivity contribution in [1.29, 1.82) is 0 Å². The molecule has 0 aliphatic heterocycles. The van der Waals surface area contributed by atoms with Gasteiger partial charge in [0.1, 0.15) is 6.54 Å². The van der Waals surface area contributed by atoms with E-state index < -0.39 is 5.76 Å². The highest BCUT2D eigenvalue weighted by atomic mass is 16.4. The van der Waals surface area contributed by atoms with Gasteiger partial charge >= 0.3 is 5.76 Å². The maximum Gasteiger partial charge on any atom is 0.420 e. The first-order valence-electron chi connectivity index (χ1n) is 10.5. The van der Waals surface area contributed by atoms with Crippen molar-refractivity contribution in [2.45, 2.75) is 44.8 Å². The minimum atomic E-state index is -0.574. The van der Waals surface area contributed by atoms with Crippen molar-refractivity contribution >= 4 is 27.8 Å². The molecule has 5 rings (SSSR count). The highest BCUT2D eigenvalue weighted by molar-refractivity contribution is 5.84. The third-order valence-corrected chi connectivity index (χ3v) is 5.90. The summed E-state index contributed by atoms with van der Waals surface area (Å²) in [5, 5.41) is 8.79. The van der Waals surface area contributed by atoms with Crippen molar-refractivity contribution in [3.63, 3.8) is 0 Å². The SMILES string of the molecule is O=C(Cn1c(=O)oc2ccccc21)NCc1nn(C2CCCC2)c(=O)c2ccccc12. The zero-order chi connectivity index (χ0) is 21.4. The summed E-state index contributed by atoms with van der Waals surface area (Å²) in [7, 11) is 0. The first-order valence-corrected chi connectivity index (χ1v) is 10.5. The fourth-order valence-corrected chi connectivity index (χ4v) is 4.35. The van der Waals surface area contributed by atoms with E-state index in [0.717, 1.165) is 31.1 Å². The zero-order valence-corrected chi connectivity index (χ0v) is 16.9. The van der Waals surface area contributed by atoms with E-state index in [4.69, 9.17) is 4.42 Å². The van der Waals surface area contributed by atoms with Crippen LogP contribution in [0.2, 0.25) is 0 Å². The van der Waals surface area contributed by atoms with Gasteiger partial charge in [0.2, 0.25) is 5.91 Å². The van der Waals surface area contributed by atoms with Crippen molar-refractivity contribution in [1.82, 2.24) is 19.7 Å². The van der Waals surface area contributed by atoms with Crippen LogP contribution in [0.25, 0.3) is 21.9 Å². The van der Waals surface area contributed by atoms with E-state index in [9.17, 15) is 14.4 Å². The van der Waals surface area contributed by atoms with Crippen LogP contribution < -0.4 is 16.6 Å². The predicted molar refractivity (Wildman–Crippen MR) is 116 cm³/mol. The molecule has 1 N–H and O–H groups in total. The smallest absolute Gasteiger partial charge is 0.408 e. The van der Waals surface area contributed by atoms with Gasteiger partial charge in [0.05, 0.1) is 29.2 Å². The number of fused-ring (bicyclic) bond motifs is 2. The number of hydrogen-bond donors (Lipinski definition) is 1. The Labute approximate surface area is 177 Å². The van der Waals surface area contributed by atoms with Gasteiger partial charge in [0.15, 0.2) is 5.58 Å². The van der Waals surface area contributed by atoms with Gasteiger partial charge in [-0.25, -0.2) is 9.48 Å². The Morgan fingerprint density at radius 1 is 1.03 bits per heavy atom. The summed E-state index contributed by atoms with van der Waals surface area (Å²) in [6.45, 7) is 0.00687. The summed E-state index contributed by atoms with van der Waals surface area (Å²) in [5.74, 6) is -0.909. The van der Waals surface area contributed by atoms with Crippen molar-refractivity contribution in [3.8, 4) is 0 Å². The third kappa shape index (κ3) is 3.54. The second kappa shape index (κ2) is 7.86. The molecule has 0 unspecified atom stereocenters. The molecule has 31 heavy (non-hydrogen) atoms. The van der Waals surface area contributed by atoms with E-state index in [0.29, 0.717) is 22.2 Å². The lowest BCUT2D eigenvalue weighted by Crippen LogP contribution is -2.33. The van der Waals surface area contributed by atoms with Crippen LogP contribution in [0.5, 0.6) is 0 Å². The molecule has 4 aromatic rings. The molecular weight excluding hydrogens is 396 g/mol. The summed E-state index contributed by atoms with van der Waals surface area (Å²) in [6, 6.07) is 14.4. The molecule has 158 valence electrons. The van der Waals surface area contributed by atoms with Crippen molar-refractivity contribution in [2.24, 2.45) is 0 Å². The fourth-order valence-electron chi connectivity index (χ4n) is 4.35. The van der Waals surface area contributed by atoms with Gasteiger partial charge in [0.25, 0.3) is 5.56 Å². The summed E-state index contributed by atoms with van der Waals surface area (Å²) >= 11 is 0. The minimum absolute atomic E-state index is 0.0889. The van der Waals surface area contributed by atoms with E-state index in [1.165, 1.54) is 4.57 Å². The molecule has 8 heteroatoms. The van der Waals surface area contributed by atoms with Gasteiger partial charge < -0.3 is 9.73 Å². The monoisotopic (exact) mass is 418 g/mol. The normalized spacial score (nSPS) is 14.5. The molecule has 2 aromatic heterocycles. The number of aromatic nitrogens is 3. The van der Waals surface area contributed by atoms with Crippen LogP contribution >= 0.6 is 0 Å². The van der Waals surface area contributed by atoms with Gasteiger partial charge in [-0.05, 0) is 31.0 Å². The molecule has 1 aliphatic carbocycles. The fraction of sp³-hybridized carbons (Fsp3) is 0.304. The number of nitrogens with one attached hydrogen (secondary N) is 1. The standard InChI is InChI=1S/C23H22N4O4/c28-21(14-26-19-11-5-6-12-20(19)31-23(26)30)24-13-18-16-9-3-4-10-17(16)22(29)27(25-18)15-7-1-2-8-15/h3-6,9-12,15H,1-2,7-8,13-14H2,(H,24,28). The zero-order valence-electron chi connectivity index (χ0n) is 16.9. The molecule has 8 nitrogen and oxygen atoms in total. The lowest BCUT2D eigenvalue weighted by Gasteiger charge is -2.16. The molecule has 0 spiro atoms. The number of benzene rings is 2. The average Bonchev–Trinajstić information content (AvgIpc) is 3.42. The molecule has 1 amide bonds. The van der Waals surface area contributed by atoms with E-state index in [-0.39, 0.29) is 30.6 Å². The summed E-state index contributed by atoms with van der Waals surface area (Å²) in [4.78, 5) is 37.7. The number of oxazole rings is 1. The van der Waals surface area contributed by atoms with Gasteiger partial charge in [-0.1, -0.05) is 43.2 Å². The molecule has 1 fully saturated rings. The molecular formula is C23H22N4O4. The molecule has 2 heterocycles. The molecule has 1 saturated carbocycles. The second-order valence-electron chi connectivity index (χ2n) is 7.88. The maximum absolute atomic E-state index is 12.9. The van der Waals surface area contributed by atoms with Crippen molar-refractivity contribution < 1.29 is 9.21 Å². The Morgan fingerprint density at radius 2 is 1.74 bits per heavy atom. The molecule has 0 saturated heterocycles.